The molecule has 0 unspecified atom stereocenters. The maximum Gasteiger partial charge on any atom is 0.437 e. The highest BCUT2D eigenvalue weighted by atomic mass is 35.5. The largest absolute Gasteiger partial charge is 0.456 e. The van der Waals surface area contributed by atoms with Gasteiger partial charge in [-0.3, -0.25) is 9.59 Å². The highest BCUT2D eigenvalue weighted by Gasteiger charge is 2.15. The van der Waals surface area contributed by atoms with Crippen LogP contribution in [0.4, 0.5) is 10.1 Å². The molecule has 11 heteroatoms. The predicted molar refractivity (Wildman–Crippen MR) is 124 cm³/mol. The Labute approximate surface area is 202 Å². The van der Waals surface area contributed by atoms with Crippen LogP contribution < -0.4 is 15.8 Å². The molecule has 0 aliphatic carbocycles. The van der Waals surface area contributed by atoms with Crippen LogP contribution >= 0.6 is 11.6 Å². The first kappa shape index (κ1) is 23.7. The number of hydrogen-bond donors (Lipinski definition) is 1. The van der Waals surface area contributed by atoms with Gasteiger partial charge in [-0.25, -0.2) is 9.18 Å². The highest BCUT2D eigenvalue weighted by Crippen LogP contribution is 2.29. The number of nitrogens with one attached hydrogen (secondary N) is 1. The zero-order valence-electron chi connectivity index (χ0n) is 17.9. The molecule has 35 heavy (non-hydrogen) atoms. The zero-order chi connectivity index (χ0) is 24.8. The second-order valence-corrected chi connectivity index (χ2v) is 7.51. The lowest BCUT2D eigenvalue weighted by atomic mass is 10.2. The summed E-state index contributed by atoms with van der Waals surface area (Å²) >= 11 is 6.06. The monoisotopic (exact) mass is 497 g/mol. The molecule has 178 valence electrons. The van der Waals surface area contributed by atoms with E-state index in [1.165, 1.54) is 24.3 Å². The summed E-state index contributed by atoms with van der Waals surface area (Å²) in [4.78, 5) is 36.1. The molecular weight excluding hydrogens is 481 g/mol. The van der Waals surface area contributed by atoms with Crippen molar-refractivity contribution in [3.63, 3.8) is 0 Å². The molecule has 0 bridgehead atoms. The highest BCUT2D eigenvalue weighted by molar-refractivity contribution is 6.32. The van der Waals surface area contributed by atoms with Crippen LogP contribution in [0.25, 0.3) is 11.5 Å². The van der Waals surface area contributed by atoms with Gasteiger partial charge in [0.1, 0.15) is 23.9 Å². The van der Waals surface area contributed by atoms with E-state index in [4.69, 9.17) is 25.5 Å². The summed E-state index contributed by atoms with van der Waals surface area (Å²) < 4.78 is 29.3. The van der Waals surface area contributed by atoms with Gasteiger partial charge in [-0.1, -0.05) is 23.7 Å². The number of anilines is 1. The van der Waals surface area contributed by atoms with Crippen LogP contribution in [0.1, 0.15) is 0 Å². The van der Waals surface area contributed by atoms with Crippen LogP contribution in [-0.4, -0.2) is 28.3 Å². The number of para-hydroxylation sites is 1. The molecule has 0 aliphatic heterocycles. The molecule has 9 nitrogen and oxygen atoms in total. The number of carbonyl (C=O) groups is 2. The van der Waals surface area contributed by atoms with Gasteiger partial charge >= 0.3 is 11.7 Å². The number of benzene rings is 3. The van der Waals surface area contributed by atoms with Gasteiger partial charge in [0.05, 0.1) is 5.02 Å². The molecule has 0 spiro atoms. The number of hydrogen-bond acceptors (Lipinski definition) is 7. The van der Waals surface area contributed by atoms with Crippen LogP contribution in [0.2, 0.25) is 5.02 Å². The minimum absolute atomic E-state index is 0.0810. The average Bonchev–Trinajstić information content (AvgIpc) is 3.21. The Morgan fingerprint density at radius 1 is 1.03 bits per heavy atom. The quantitative estimate of drug-likeness (QED) is 0.362. The van der Waals surface area contributed by atoms with E-state index in [9.17, 15) is 18.8 Å². The molecule has 0 atom stereocenters. The van der Waals surface area contributed by atoms with E-state index >= 15 is 0 Å². The number of nitrogens with zero attached hydrogens (tertiary/aromatic N) is 2. The van der Waals surface area contributed by atoms with Crippen LogP contribution in [0.15, 0.2) is 82.0 Å². The molecule has 0 radical (unpaired) electrons. The normalized spacial score (nSPS) is 10.6. The van der Waals surface area contributed by atoms with E-state index in [1.807, 2.05) is 0 Å². The van der Waals surface area contributed by atoms with E-state index in [0.29, 0.717) is 27.8 Å². The summed E-state index contributed by atoms with van der Waals surface area (Å²) in [6.07, 6.45) is 0. The molecule has 1 N–H and O–H groups in total. The molecular formula is C24H17ClFN3O6. The fourth-order valence-corrected chi connectivity index (χ4v) is 3.06. The first-order chi connectivity index (χ1) is 16.9. The summed E-state index contributed by atoms with van der Waals surface area (Å²) in [5, 5.41) is 6.92. The maximum absolute atomic E-state index is 13.0. The summed E-state index contributed by atoms with van der Waals surface area (Å²) in [6.45, 7) is -1.14. The van der Waals surface area contributed by atoms with E-state index in [-0.39, 0.29) is 5.89 Å². The average molecular weight is 498 g/mol. The lowest BCUT2D eigenvalue weighted by Crippen LogP contribution is -2.26. The van der Waals surface area contributed by atoms with E-state index in [0.717, 1.165) is 4.68 Å². The maximum atomic E-state index is 13.0. The Kier molecular flexibility index (Phi) is 7.22. The summed E-state index contributed by atoms with van der Waals surface area (Å²) in [5.74, 6) is -1.89. The van der Waals surface area contributed by atoms with Gasteiger partial charge in [-0.15, -0.1) is 5.10 Å². The number of ether oxygens (including phenoxy) is 2. The molecule has 1 amide bonds. The van der Waals surface area contributed by atoms with Gasteiger partial charge in [0.15, 0.2) is 6.61 Å². The van der Waals surface area contributed by atoms with Crippen molar-refractivity contribution < 1.29 is 27.9 Å². The smallest absolute Gasteiger partial charge is 0.437 e. The van der Waals surface area contributed by atoms with Gasteiger partial charge in [0.2, 0.25) is 5.89 Å². The number of aromatic nitrogens is 2. The summed E-state index contributed by atoms with van der Waals surface area (Å²) in [5.41, 5.74) is 0.812. The van der Waals surface area contributed by atoms with Crippen LogP contribution in [0.5, 0.6) is 11.5 Å². The van der Waals surface area contributed by atoms with Crippen LogP contribution in [0.3, 0.4) is 0 Å². The molecule has 0 aliphatic rings. The Morgan fingerprint density at radius 2 is 1.74 bits per heavy atom. The third kappa shape index (κ3) is 6.33. The number of carbonyl (C=O) groups excluding carboxylic acids is 2. The fraction of sp³-hybridized carbons (Fsp3) is 0.0833. The fourth-order valence-electron chi connectivity index (χ4n) is 2.89. The van der Waals surface area contributed by atoms with Crippen molar-refractivity contribution in [1.82, 2.24) is 9.78 Å². The third-order valence-electron chi connectivity index (χ3n) is 4.54. The lowest BCUT2D eigenvalue weighted by molar-refractivity contribution is -0.148. The second kappa shape index (κ2) is 10.7. The van der Waals surface area contributed by atoms with Crippen molar-refractivity contribution in [3.8, 4) is 23.0 Å². The molecule has 0 fully saturated rings. The second-order valence-electron chi connectivity index (χ2n) is 7.10. The van der Waals surface area contributed by atoms with Crippen molar-refractivity contribution >= 4 is 29.2 Å². The van der Waals surface area contributed by atoms with Crippen molar-refractivity contribution in [2.45, 2.75) is 6.54 Å². The van der Waals surface area contributed by atoms with Crippen molar-refractivity contribution in [2.24, 2.45) is 0 Å². The van der Waals surface area contributed by atoms with Gasteiger partial charge in [-0.05, 0) is 60.7 Å². The topological polar surface area (TPSA) is 113 Å². The van der Waals surface area contributed by atoms with Crippen LogP contribution in [0, 0.1) is 5.82 Å². The molecule has 4 rings (SSSR count). The SMILES string of the molecule is O=C(COC(=O)Cn1nc(-c2ccc(F)cc2)oc1=O)Nc1ccc(Oc2ccccc2Cl)cc1. The van der Waals surface area contributed by atoms with E-state index in [1.54, 1.807) is 48.5 Å². The van der Waals surface area contributed by atoms with Crippen molar-refractivity contribution in [2.75, 3.05) is 11.9 Å². The Morgan fingerprint density at radius 3 is 2.46 bits per heavy atom. The number of amides is 1. The molecule has 0 saturated carbocycles. The van der Waals surface area contributed by atoms with Crippen molar-refractivity contribution in [3.05, 3.63) is 94.2 Å². The Balaban J connectivity index is 1.26. The van der Waals surface area contributed by atoms with Gasteiger partial charge in [0.25, 0.3) is 5.91 Å². The summed E-state index contributed by atoms with van der Waals surface area (Å²) in [6, 6.07) is 18.6. The van der Waals surface area contributed by atoms with Gasteiger partial charge < -0.3 is 19.2 Å². The Hall–Kier alpha value is -4.44. The molecule has 0 saturated heterocycles. The molecule has 1 heterocycles. The van der Waals surface area contributed by atoms with E-state index in [2.05, 4.69) is 10.4 Å². The number of halogens is 2. The van der Waals surface area contributed by atoms with E-state index < -0.39 is 36.6 Å². The molecule has 3 aromatic carbocycles. The number of rotatable bonds is 8. The lowest BCUT2D eigenvalue weighted by Gasteiger charge is -2.09. The first-order valence-corrected chi connectivity index (χ1v) is 10.6. The minimum atomic E-state index is -0.898. The van der Waals surface area contributed by atoms with Crippen LogP contribution in [-0.2, 0) is 20.9 Å². The third-order valence-corrected chi connectivity index (χ3v) is 4.86. The standard InChI is InChI=1S/C24H17ClFN3O6/c25-19-3-1-2-4-20(19)34-18-11-9-17(10-12-18)27-21(30)14-33-22(31)13-29-24(32)35-23(28-29)15-5-7-16(26)8-6-15/h1-12H,13-14H2,(H,27,30). The Bertz CT molecular complexity index is 1400. The molecule has 4 aromatic rings. The zero-order valence-corrected chi connectivity index (χ0v) is 18.7. The number of esters is 1. The summed E-state index contributed by atoms with van der Waals surface area (Å²) in [7, 11) is 0. The van der Waals surface area contributed by atoms with Crippen molar-refractivity contribution in [1.29, 1.82) is 0 Å². The molecule has 1 aromatic heterocycles. The van der Waals surface area contributed by atoms with Gasteiger partial charge in [0, 0.05) is 11.3 Å². The van der Waals surface area contributed by atoms with Gasteiger partial charge in [-0.2, -0.15) is 4.68 Å². The minimum Gasteiger partial charge on any atom is -0.456 e. The first-order valence-electron chi connectivity index (χ1n) is 10.2. The predicted octanol–water partition coefficient (Wildman–Crippen LogP) is 4.27.